The molecule has 5 heteroatoms. The normalized spacial score (nSPS) is 17.0. The van der Waals surface area contributed by atoms with E-state index in [0.717, 1.165) is 5.69 Å². The van der Waals surface area contributed by atoms with Crippen molar-refractivity contribution in [2.75, 3.05) is 19.0 Å². The molecule has 1 aliphatic carbocycles. The Kier molecular flexibility index (Phi) is 5.12. The van der Waals surface area contributed by atoms with Crippen molar-refractivity contribution in [1.82, 2.24) is 8.97 Å². The predicted octanol–water partition coefficient (Wildman–Crippen LogP) is 3.53. The number of aromatic nitrogens is 1. The number of carbonyl (C=O) groups excluding carboxylic acids is 1. The molecule has 1 aromatic heterocycles. The van der Waals surface area contributed by atoms with Crippen molar-refractivity contribution in [2.24, 2.45) is 5.41 Å². The van der Waals surface area contributed by atoms with E-state index in [1.54, 1.807) is 6.20 Å². The zero-order valence-corrected chi connectivity index (χ0v) is 17.3. The van der Waals surface area contributed by atoms with E-state index in [-0.39, 0.29) is 11.3 Å². The molecule has 0 fully saturated rings. The van der Waals surface area contributed by atoms with Crippen molar-refractivity contribution in [3.63, 3.8) is 0 Å². The van der Waals surface area contributed by atoms with Gasteiger partial charge in [0.2, 0.25) is 0 Å². The Labute approximate surface area is 147 Å². The second kappa shape index (κ2) is 6.58. The van der Waals surface area contributed by atoms with Crippen LogP contribution in [-0.2, 0) is 17.9 Å². The van der Waals surface area contributed by atoms with Gasteiger partial charge < -0.3 is 0 Å². The Bertz CT molecular complexity index is 702. The SMILES string of the molecule is CC1=C(C)C(C)(C)[C]([Ir][NH]C(=O)c2cc(N(C)C)ccn2)=C1C. The second-order valence-corrected chi connectivity index (χ2v) is 8.98. The number of amides is 1. The molecule has 1 aliphatic rings. The Hall–Kier alpha value is -1.45. The van der Waals surface area contributed by atoms with Gasteiger partial charge >= 0.3 is 147 Å². The van der Waals surface area contributed by atoms with Gasteiger partial charge in [-0.3, -0.25) is 0 Å². The van der Waals surface area contributed by atoms with Gasteiger partial charge in [-0.15, -0.1) is 0 Å². The summed E-state index contributed by atoms with van der Waals surface area (Å²) in [5, 5.41) is 0. The summed E-state index contributed by atoms with van der Waals surface area (Å²) in [6.07, 6.45) is 1.68. The summed E-state index contributed by atoms with van der Waals surface area (Å²) >= 11 is -0.723. The fourth-order valence-corrected chi connectivity index (χ4v) is 5.62. The van der Waals surface area contributed by atoms with Crippen LogP contribution in [-0.4, -0.2) is 25.0 Å². The van der Waals surface area contributed by atoms with Gasteiger partial charge in [0.25, 0.3) is 0 Å². The van der Waals surface area contributed by atoms with Crippen LogP contribution in [0.15, 0.2) is 39.1 Å². The van der Waals surface area contributed by atoms with Crippen molar-refractivity contribution in [2.45, 2.75) is 34.6 Å². The molecule has 0 radical (unpaired) electrons. The summed E-state index contributed by atoms with van der Waals surface area (Å²) < 4.78 is 4.56. The second-order valence-electron chi connectivity index (χ2n) is 6.58. The summed E-state index contributed by atoms with van der Waals surface area (Å²) in [6, 6.07) is 3.73. The monoisotopic (exact) mass is 492 g/mol. The summed E-state index contributed by atoms with van der Waals surface area (Å²) in [7, 11) is 3.91. The minimum atomic E-state index is -0.723. The van der Waals surface area contributed by atoms with Crippen LogP contribution >= 0.6 is 0 Å². The molecule has 0 unspecified atom stereocenters. The van der Waals surface area contributed by atoms with Crippen molar-refractivity contribution in [3.8, 4) is 0 Å². The molecule has 0 aliphatic heterocycles. The van der Waals surface area contributed by atoms with E-state index in [2.05, 4.69) is 43.6 Å². The van der Waals surface area contributed by atoms with Crippen LogP contribution in [0, 0.1) is 5.41 Å². The van der Waals surface area contributed by atoms with Crippen molar-refractivity contribution < 1.29 is 22.7 Å². The number of pyridine rings is 1. The Morgan fingerprint density at radius 2 is 1.87 bits per heavy atom. The molecule has 127 valence electrons. The van der Waals surface area contributed by atoms with Gasteiger partial charge in [0.05, 0.1) is 0 Å². The molecule has 1 amide bonds. The molecule has 0 atom stereocenters. The molecular formula is C18H25IrN3O. The van der Waals surface area contributed by atoms with Gasteiger partial charge in [-0.25, -0.2) is 0 Å². The average Bonchev–Trinajstić information content (AvgIpc) is 2.66. The summed E-state index contributed by atoms with van der Waals surface area (Å²) in [5.41, 5.74) is 5.65. The van der Waals surface area contributed by atoms with Crippen LogP contribution < -0.4 is 8.89 Å². The Morgan fingerprint density at radius 3 is 2.39 bits per heavy atom. The van der Waals surface area contributed by atoms with Crippen LogP contribution in [0.4, 0.5) is 5.69 Å². The summed E-state index contributed by atoms with van der Waals surface area (Å²) in [5.74, 6) is -0.0768. The van der Waals surface area contributed by atoms with E-state index in [1.807, 2.05) is 31.1 Å². The third-order valence-corrected chi connectivity index (χ3v) is 8.43. The van der Waals surface area contributed by atoms with Gasteiger partial charge in [-0.2, -0.15) is 0 Å². The number of nitrogens with one attached hydrogen (secondary N) is 1. The number of hydrogen-bond acceptors (Lipinski definition) is 3. The fourth-order valence-electron chi connectivity index (χ4n) is 2.64. The van der Waals surface area contributed by atoms with Crippen LogP contribution in [0.5, 0.6) is 0 Å². The fraction of sp³-hybridized carbons (Fsp3) is 0.444. The molecule has 0 saturated heterocycles. The van der Waals surface area contributed by atoms with Crippen molar-refractivity contribution in [1.29, 1.82) is 0 Å². The van der Waals surface area contributed by atoms with Gasteiger partial charge in [-0.05, 0) is 0 Å². The van der Waals surface area contributed by atoms with Gasteiger partial charge in [0.1, 0.15) is 0 Å². The van der Waals surface area contributed by atoms with E-state index in [1.165, 1.54) is 20.8 Å². The molecule has 1 heterocycles. The Morgan fingerprint density at radius 1 is 1.22 bits per heavy atom. The van der Waals surface area contributed by atoms with Gasteiger partial charge in [0.15, 0.2) is 0 Å². The average molecular weight is 492 g/mol. The number of nitrogens with zero attached hydrogens (tertiary/aromatic N) is 2. The first-order chi connectivity index (χ1) is 10.7. The first-order valence-corrected chi connectivity index (χ1v) is 9.98. The van der Waals surface area contributed by atoms with Gasteiger partial charge in [0, 0.05) is 0 Å². The topological polar surface area (TPSA) is 45.2 Å². The number of allylic oxidation sites excluding steroid dienone is 4. The third-order valence-electron chi connectivity index (χ3n) is 4.59. The van der Waals surface area contributed by atoms with Crippen LogP contribution in [0.3, 0.4) is 0 Å². The van der Waals surface area contributed by atoms with Crippen LogP contribution in [0.1, 0.15) is 45.1 Å². The number of carbonyl (C=O) groups is 1. The maximum atomic E-state index is 12.5. The number of hydrogen-bond donors (Lipinski definition) is 1. The zero-order valence-electron chi connectivity index (χ0n) is 14.9. The van der Waals surface area contributed by atoms with Gasteiger partial charge in [-0.1, -0.05) is 0 Å². The van der Waals surface area contributed by atoms with E-state index in [9.17, 15) is 4.79 Å². The van der Waals surface area contributed by atoms with E-state index < -0.39 is 17.9 Å². The molecule has 2 rings (SSSR count). The molecular weight excluding hydrogens is 466 g/mol. The van der Waals surface area contributed by atoms with E-state index in [4.69, 9.17) is 0 Å². The molecule has 23 heavy (non-hydrogen) atoms. The predicted molar refractivity (Wildman–Crippen MR) is 90.9 cm³/mol. The van der Waals surface area contributed by atoms with E-state index in [0.29, 0.717) is 5.69 Å². The molecule has 1 aromatic rings. The maximum absolute atomic E-state index is 12.5. The molecule has 4 nitrogen and oxygen atoms in total. The van der Waals surface area contributed by atoms with E-state index >= 15 is 0 Å². The molecule has 1 N–H and O–H groups in total. The zero-order chi connectivity index (χ0) is 17.4. The standard InChI is InChI=1S/C10H15.C8H11N3O.Ir/c1-7-6-10(4,5)9(3)8(7)2;1-11(2)6-3-4-10-7(5-6)8(9)12;/h1-5H3;3-5H,1-2H3,(H2,9,12);/q;;+1/p-1. The molecule has 0 saturated carbocycles. The summed E-state index contributed by atoms with van der Waals surface area (Å²) in [6.45, 7) is 11.0. The first-order valence-electron chi connectivity index (χ1n) is 7.59. The van der Waals surface area contributed by atoms with Crippen LogP contribution in [0.25, 0.3) is 0 Å². The molecule has 0 spiro atoms. The molecule has 0 aromatic carbocycles. The molecule has 0 bridgehead atoms. The number of rotatable bonds is 4. The minimum absolute atomic E-state index is 0.0559. The van der Waals surface area contributed by atoms with Crippen molar-refractivity contribution in [3.05, 3.63) is 44.8 Å². The Balaban J connectivity index is 2.13. The quantitative estimate of drug-likeness (QED) is 0.701. The van der Waals surface area contributed by atoms with Crippen molar-refractivity contribution >= 4 is 11.6 Å². The van der Waals surface area contributed by atoms with Crippen LogP contribution in [0.2, 0.25) is 0 Å². The summed E-state index contributed by atoms with van der Waals surface area (Å²) in [4.78, 5) is 18.6. The third kappa shape index (κ3) is 3.41. The first kappa shape index (κ1) is 17.9. The number of anilines is 1.